The molecule has 2 nitrogen and oxygen atoms in total. The normalized spacial score (nSPS) is 13.3. The van der Waals surface area contributed by atoms with Crippen LogP contribution in [0.5, 0.6) is 0 Å². The molecule has 0 saturated heterocycles. The van der Waals surface area contributed by atoms with Crippen LogP contribution < -0.4 is 5.32 Å². The summed E-state index contributed by atoms with van der Waals surface area (Å²) < 4.78 is 35.4. The van der Waals surface area contributed by atoms with Crippen LogP contribution in [0.25, 0.3) is 0 Å². The molecule has 1 unspecified atom stereocenters. The smallest absolute Gasteiger partial charge is 0.273 e. The van der Waals surface area contributed by atoms with Gasteiger partial charge in [-0.05, 0) is 5.56 Å². The summed E-state index contributed by atoms with van der Waals surface area (Å²) in [5.74, 6) is -1.28. The molecule has 0 aliphatic rings. The molecule has 0 heterocycles. The van der Waals surface area contributed by atoms with E-state index in [1.165, 1.54) is 12.1 Å². The van der Waals surface area contributed by atoms with Gasteiger partial charge in [0.1, 0.15) is 5.38 Å². The van der Waals surface area contributed by atoms with E-state index in [1.54, 1.807) is 18.2 Å². The number of nitrogens with one attached hydrogen (secondary N) is 1. The quantitative estimate of drug-likeness (QED) is 0.622. The predicted octanol–water partition coefficient (Wildman–Crippen LogP) is 2.60. The molecule has 1 aromatic carbocycles. The number of rotatable bonds is 2. The minimum absolute atomic E-state index is 0.320. The number of amides is 1. The number of halogens is 4. The van der Waals surface area contributed by atoms with Gasteiger partial charge >= 0.3 is 6.30 Å². The molecule has 0 saturated carbocycles. The molecule has 0 aliphatic heterocycles. The first-order valence-electron chi connectivity index (χ1n) is 3.98. The third-order valence-corrected chi connectivity index (χ3v) is 2.04. The van der Waals surface area contributed by atoms with Gasteiger partial charge in [-0.2, -0.15) is 13.2 Å². The number of carbonyl (C=O) groups is 1. The molecule has 1 amide bonds. The van der Waals surface area contributed by atoms with Crippen molar-refractivity contribution in [3.05, 3.63) is 35.9 Å². The van der Waals surface area contributed by atoms with E-state index < -0.39 is 17.6 Å². The molecule has 1 aromatic rings. The molecule has 0 radical (unpaired) electrons. The van der Waals surface area contributed by atoms with Gasteiger partial charge in [-0.25, -0.2) is 0 Å². The van der Waals surface area contributed by atoms with E-state index in [-0.39, 0.29) is 0 Å². The lowest BCUT2D eigenvalue weighted by atomic mass is 10.1. The summed E-state index contributed by atoms with van der Waals surface area (Å²) in [6, 6.07) is 7.81. The molecule has 15 heavy (non-hydrogen) atoms. The monoisotopic (exact) mass is 237 g/mol. The van der Waals surface area contributed by atoms with Gasteiger partial charge < -0.3 is 0 Å². The lowest BCUT2D eigenvalue weighted by Crippen LogP contribution is -2.39. The maximum atomic E-state index is 11.8. The number of hydrogen-bond acceptors (Lipinski definition) is 1. The summed E-state index contributed by atoms with van der Waals surface area (Å²) in [6.07, 6.45) is -4.75. The molecule has 0 fully saturated rings. The Morgan fingerprint density at radius 2 is 1.80 bits per heavy atom. The maximum Gasteiger partial charge on any atom is 0.484 e. The summed E-state index contributed by atoms with van der Waals surface area (Å²) >= 11 is 5.55. The third-order valence-electron chi connectivity index (χ3n) is 1.59. The van der Waals surface area contributed by atoms with Crippen LogP contribution in [0.2, 0.25) is 0 Å². The van der Waals surface area contributed by atoms with E-state index in [9.17, 15) is 18.0 Å². The Hall–Kier alpha value is -1.23. The Kier molecular flexibility index (Phi) is 3.57. The number of benzene rings is 1. The molecule has 6 heteroatoms. The van der Waals surface area contributed by atoms with Gasteiger partial charge in [0.2, 0.25) is 5.91 Å². The van der Waals surface area contributed by atoms with Gasteiger partial charge in [-0.3, -0.25) is 10.1 Å². The van der Waals surface area contributed by atoms with Crippen molar-refractivity contribution < 1.29 is 18.0 Å². The summed E-state index contributed by atoms with van der Waals surface area (Å²) in [5.41, 5.74) is 0.320. The highest BCUT2D eigenvalue weighted by Gasteiger charge is 2.33. The topological polar surface area (TPSA) is 29.1 Å². The Morgan fingerprint density at radius 1 is 1.27 bits per heavy atom. The Balaban J connectivity index is 2.70. The molecule has 1 rings (SSSR count). The Labute approximate surface area is 89.0 Å². The zero-order valence-corrected chi connectivity index (χ0v) is 8.14. The fraction of sp³-hybridized carbons (Fsp3) is 0.222. The van der Waals surface area contributed by atoms with Crippen molar-refractivity contribution in [2.45, 2.75) is 11.7 Å². The van der Waals surface area contributed by atoms with Crippen molar-refractivity contribution in [3.63, 3.8) is 0 Å². The average Bonchev–Trinajstić information content (AvgIpc) is 2.15. The Bertz CT molecular complexity index is 339. The zero-order valence-electron chi connectivity index (χ0n) is 7.38. The van der Waals surface area contributed by atoms with Crippen LogP contribution in [0.1, 0.15) is 10.9 Å². The van der Waals surface area contributed by atoms with E-state index in [4.69, 9.17) is 11.6 Å². The second-order valence-corrected chi connectivity index (χ2v) is 3.20. The fourth-order valence-electron chi connectivity index (χ4n) is 0.976. The van der Waals surface area contributed by atoms with Crippen molar-refractivity contribution in [2.75, 3.05) is 0 Å². The van der Waals surface area contributed by atoms with Crippen LogP contribution in [0.15, 0.2) is 30.3 Å². The molecule has 0 spiro atoms. The molecular formula is C9H7ClF3NO. The summed E-state index contributed by atoms with van der Waals surface area (Å²) in [5, 5.41) is -0.493. The first-order valence-corrected chi connectivity index (χ1v) is 4.41. The van der Waals surface area contributed by atoms with E-state index in [0.717, 1.165) is 5.32 Å². The molecule has 1 N–H and O–H groups in total. The summed E-state index contributed by atoms with van der Waals surface area (Å²) in [4.78, 5) is 11.0. The predicted molar refractivity (Wildman–Crippen MR) is 49.2 cm³/mol. The number of hydrogen-bond donors (Lipinski definition) is 1. The molecular weight excluding hydrogens is 231 g/mol. The van der Waals surface area contributed by atoms with Gasteiger partial charge in [0.05, 0.1) is 0 Å². The SMILES string of the molecule is O=C(NC(F)(F)F)C(Cl)c1ccccc1. The van der Waals surface area contributed by atoms with Crippen molar-refractivity contribution >= 4 is 17.5 Å². The maximum absolute atomic E-state index is 11.8. The summed E-state index contributed by atoms with van der Waals surface area (Å²) in [6.45, 7) is 0. The first kappa shape index (κ1) is 11.8. The lowest BCUT2D eigenvalue weighted by molar-refractivity contribution is -0.169. The number of alkyl halides is 4. The molecule has 0 aliphatic carbocycles. The third kappa shape index (κ3) is 3.79. The van der Waals surface area contributed by atoms with E-state index in [2.05, 4.69) is 0 Å². The fourth-order valence-corrected chi connectivity index (χ4v) is 1.18. The first-order chi connectivity index (χ1) is 6.90. The van der Waals surface area contributed by atoms with Crippen molar-refractivity contribution in [1.82, 2.24) is 5.32 Å². The standard InChI is InChI=1S/C9H7ClF3NO/c10-7(6-4-2-1-3-5-6)8(15)14-9(11,12)13/h1-5,7H,(H,14,15). The molecule has 82 valence electrons. The molecule has 1 atom stereocenters. The molecule has 0 bridgehead atoms. The second-order valence-electron chi connectivity index (χ2n) is 2.76. The largest absolute Gasteiger partial charge is 0.484 e. The van der Waals surface area contributed by atoms with Crippen LogP contribution in [0, 0.1) is 0 Å². The van der Waals surface area contributed by atoms with E-state index in [0.29, 0.717) is 5.56 Å². The van der Waals surface area contributed by atoms with Crippen LogP contribution in [-0.2, 0) is 4.79 Å². The van der Waals surface area contributed by atoms with Crippen LogP contribution >= 0.6 is 11.6 Å². The minimum atomic E-state index is -4.75. The van der Waals surface area contributed by atoms with Gasteiger partial charge in [0, 0.05) is 0 Å². The average molecular weight is 238 g/mol. The second kappa shape index (κ2) is 4.53. The highest BCUT2D eigenvalue weighted by Crippen LogP contribution is 2.22. The highest BCUT2D eigenvalue weighted by atomic mass is 35.5. The minimum Gasteiger partial charge on any atom is -0.273 e. The van der Waals surface area contributed by atoms with E-state index >= 15 is 0 Å². The number of carbonyl (C=O) groups excluding carboxylic acids is 1. The lowest BCUT2D eigenvalue weighted by Gasteiger charge is -2.12. The van der Waals surface area contributed by atoms with E-state index in [1.807, 2.05) is 0 Å². The van der Waals surface area contributed by atoms with Gasteiger partial charge in [-0.15, -0.1) is 11.6 Å². The van der Waals surface area contributed by atoms with Crippen molar-refractivity contribution in [2.24, 2.45) is 0 Å². The van der Waals surface area contributed by atoms with Crippen molar-refractivity contribution in [1.29, 1.82) is 0 Å². The molecule has 0 aromatic heterocycles. The zero-order chi connectivity index (χ0) is 11.5. The Morgan fingerprint density at radius 3 is 2.27 bits per heavy atom. The van der Waals surface area contributed by atoms with Gasteiger partial charge in [-0.1, -0.05) is 30.3 Å². The van der Waals surface area contributed by atoms with Crippen LogP contribution in [-0.4, -0.2) is 12.2 Å². The van der Waals surface area contributed by atoms with Crippen LogP contribution in [0.3, 0.4) is 0 Å². The summed E-state index contributed by atoms with van der Waals surface area (Å²) in [7, 11) is 0. The van der Waals surface area contributed by atoms with Crippen LogP contribution in [0.4, 0.5) is 13.2 Å². The highest BCUT2D eigenvalue weighted by molar-refractivity contribution is 6.30. The van der Waals surface area contributed by atoms with Gasteiger partial charge in [0.15, 0.2) is 0 Å². The van der Waals surface area contributed by atoms with Gasteiger partial charge in [0.25, 0.3) is 0 Å². The van der Waals surface area contributed by atoms with Crippen molar-refractivity contribution in [3.8, 4) is 0 Å².